The van der Waals surface area contributed by atoms with Crippen LogP contribution in [0.1, 0.15) is 44.7 Å². The van der Waals surface area contributed by atoms with Gasteiger partial charge in [-0.05, 0) is 45.4 Å². The van der Waals surface area contributed by atoms with Crippen molar-refractivity contribution in [1.82, 2.24) is 5.32 Å². The van der Waals surface area contributed by atoms with Gasteiger partial charge in [-0.15, -0.1) is 0 Å². The van der Waals surface area contributed by atoms with E-state index in [-0.39, 0.29) is 12.2 Å². The molecular formula is C17H27NO3. The van der Waals surface area contributed by atoms with Crippen molar-refractivity contribution in [2.24, 2.45) is 0 Å². The molecule has 4 nitrogen and oxygen atoms in total. The number of benzene rings is 1. The van der Waals surface area contributed by atoms with E-state index in [1.165, 1.54) is 5.56 Å². The molecule has 2 N–H and O–H groups in total. The summed E-state index contributed by atoms with van der Waals surface area (Å²) in [5.41, 5.74) is 2.35. The Hall–Kier alpha value is -1.26. The van der Waals surface area contributed by atoms with E-state index >= 15 is 0 Å². The summed E-state index contributed by atoms with van der Waals surface area (Å²) in [6.07, 6.45) is 2.56. The highest BCUT2D eigenvalue weighted by atomic mass is 16.5. The molecule has 2 atom stereocenters. The molecule has 0 spiro atoms. The molecule has 1 aromatic rings. The Morgan fingerprint density at radius 2 is 2.24 bits per heavy atom. The minimum absolute atomic E-state index is 0.215. The number of nitrogens with one attached hydrogen (secondary N) is 1. The summed E-state index contributed by atoms with van der Waals surface area (Å²) in [5, 5.41) is 12.9. The predicted octanol–water partition coefficient (Wildman–Crippen LogP) is 2.66. The van der Waals surface area contributed by atoms with Crippen LogP contribution in [-0.2, 0) is 13.0 Å². The molecule has 0 aromatic heterocycles. The van der Waals surface area contributed by atoms with Crippen molar-refractivity contribution in [3.05, 3.63) is 23.3 Å². The van der Waals surface area contributed by atoms with Crippen molar-refractivity contribution in [2.75, 3.05) is 13.2 Å². The first-order valence-electron chi connectivity index (χ1n) is 7.98. The van der Waals surface area contributed by atoms with E-state index in [1.54, 1.807) is 0 Å². The van der Waals surface area contributed by atoms with E-state index in [0.717, 1.165) is 49.4 Å². The first-order valence-corrected chi connectivity index (χ1v) is 7.98. The third-order valence-corrected chi connectivity index (χ3v) is 3.82. The third kappa shape index (κ3) is 4.35. The highest BCUT2D eigenvalue weighted by molar-refractivity contribution is 5.48. The summed E-state index contributed by atoms with van der Waals surface area (Å²) in [5.74, 6) is 1.92. The van der Waals surface area contributed by atoms with Crippen LogP contribution in [0.3, 0.4) is 0 Å². The van der Waals surface area contributed by atoms with Crippen LogP contribution in [0, 0.1) is 0 Å². The average Bonchev–Trinajstić information content (AvgIpc) is 2.82. The van der Waals surface area contributed by atoms with Crippen LogP contribution >= 0.6 is 0 Å². The Morgan fingerprint density at radius 3 is 2.95 bits per heavy atom. The van der Waals surface area contributed by atoms with E-state index in [1.807, 2.05) is 13.8 Å². The van der Waals surface area contributed by atoms with Crippen LogP contribution in [0.15, 0.2) is 12.1 Å². The molecule has 4 heteroatoms. The van der Waals surface area contributed by atoms with Gasteiger partial charge in [-0.2, -0.15) is 0 Å². The fourth-order valence-corrected chi connectivity index (χ4v) is 2.61. The highest BCUT2D eigenvalue weighted by Gasteiger charge is 2.21. The molecule has 21 heavy (non-hydrogen) atoms. The van der Waals surface area contributed by atoms with E-state index in [2.05, 4.69) is 24.4 Å². The summed E-state index contributed by atoms with van der Waals surface area (Å²) < 4.78 is 11.6. The predicted molar refractivity (Wildman–Crippen MR) is 84.0 cm³/mol. The Kier molecular flexibility index (Phi) is 5.88. The first-order chi connectivity index (χ1) is 10.1. The van der Waals surface area contributed by atoms with Crippen LogP contribution in [0.4, 0.5) is 0 Å². The van der Waals surface area contributed by atoms with Crippen LogP contribution in [-0.4, -0.2) is 30.5 Å². The van der Waals surface area contributed by atoms with E-state index in [4.69, 9.17) is 9.47 Å². The number of hydrogen-bond acceptors (Lipinski definition) is 4. The minimum Gasteiger partial charge on any atom is -0.494 e. The molecule has 1 aliphatic heterocycles. The maximum Gasteiger partial charge on any atom is 0.124 e. The molecule has 1 aliphatic rings. The van der Waals surface area contributed by atoms with Gasteiger partial charge in [0.2, 0.25) is 0 Å². The number of aliphatic hydroxyl groups is 1. The number of ether oxygens (including phenoxy) is 2. The second kappa shape index (κ2) is 7.66. The van der Waals surface area contributed by atoms with Gasteiger partial charge in [0.1, 0.15) is 17.6 Å². The SMILES string of the molecule is CCOc1cc2c(cc1CNCCC(O)CC)OC(C)C2. The van der Waals surface area contributed by atoms with Gasteiger partial charge in [0.05, 0.1) is 12.7 Å². The van der Waals surface area contributed by atoms with Crippen LogP contribution in [0.2, 0.25) is 0 Å². The number of hydrogen-bond donors (Lipinski definition) is 2. The maximum absolute atomic E-state index is 9.57. The molecule has 2 rings (SSSR count). The molecule has 0 aliphatic carbocycles. The van der Waals surface area contributed by atoms with Crippen molar-refractivity contribution in [3.63, 3.8) is 0 Å². The quantitative estimate of drug-likeness (QED) is 0.724. The zero-order valence-corrected chi connectivity index (χ0v) is 13.3. The lowest BCUT2D eigenvalue weighted by Gasteiger charge is -2.14. The molecule has 0 radical (unpaired) electrons. The van der Waals surface area contributed by atoms with E-state index < -0.39 is 0 Å². The number of fused-ring (bicyclic) bond motifs is 1. The standard InChI is InChI=1S/C17H27NO3/c1-4-15(19)6-7-18-11-14-10-17-13(8-12(3)21-17)9-16(14)20-5-2/h9-10,12,15,18-19H,4-8,11H2,1-3H3. The highest BCUT2D eigenvalue weighted by Crippen LogP contribution is 2.35. The molecule has 1 aromatic carbocycles. The average molecular weight is 293 g/mol. The van der Waals surface area contributed by atoms with Crippen molar-refractivity contribution in [1.29, 1.82) is 0 Å². The smallest absolute Gasteiger partial charge is 0.124 e. The number of aliphatic hydroxyl groups excluding tert-OH is 1. The molecular weight excluding hydrogens is 266 g/mol. The molecule has 0 amide bonds. The van der Waals surface area contributed by atoms with Crippen molar-refractivity contribution in [2.45, 2.75) is 58.8 Å². The molecule has 1 heterocycles. The van der Waals surface area contributed by atoms with E-state index in [0.29, 0.717) is 6.61 Å². The summed E-state index contributed by atoms with van der Waals surface area (Å²) in [6, 6.07) is 4.20. The topological polar surface area (TPSA) is 50.7 Å². The zero-order chi connectivity index (χ0) is 15.2. The third-order valence-electron chi connectivity index (χ3n) is 3.82. The minimum atomic E-state index is -0.215. The molecule has 0 fully saturated rings. The fourth-order valence-electron chi connectivity index (χ4n) is 2.61. The van der Waals surface area contributed by atoms with Gasteiger partial charge >= 0.3 is 0 Å². The van der Waals surface area contributed by atoms with Gasteiger partial charge in [0.15, 0.2) is 0 Å². The van der Waals surface area contributed by atoms with Crippen molar-refractivity contribution >= 4 is 0 Å². The second-order valence-corrected chi connectivity index (χ2v) is 5.66. The maximum atomic E-state index is 9.57. The zero-order valence-electron chi connectivity index (χ0n) is 13.3. The van der Waals surface area contributed by atoms with Gasteiger partial charge in [0, 0.05) is 24.1 Å². The normalized spacial score (nSPS) is 18.2. The lowest BCUT2D eigenvalue weighted by Crippen LogP contribution is -2.20. The van der Waals surface area contributed by atoms with E-state index in [9.17, 15) is 5.11 Å². The summed E-state index contributed by atoms with van der Waals surface area (Å²) in [7, 11) is 0. The van der Waals surface area contributed by atoms with Crippen molar-refractivity contribution < 1.29 is 14.6 Å². The number of rotatable bonds is 8. The molecule has 118 valence electrons. The summed E-state index contributed by atoms with van der Waals surface area (Å²) in [4.78, 5) is 0. The van der Waals surface area contributed by atoms with Crippen LogP contribution in [0.25, 0.3) is 0 Å². The molecule has 0 bridgehead atoms. The Morgan fingerprint density at radius 1 is 1.43 bits per heavy atom. The molecule has 2 unspecified atom stereocenters. The lowest BCUT2D eigenvalue weighted by atomic mass is 10.1. The molecule has 0 saturated heterocycles. The van der Waals surface area contributed by atoms with Crippen LogP contribution < -0.4 is 14.8 Å². The first kappa shape index (κ1) is 16.1. The summed E-state index contributed by atoms with van der Waals surface area (Å²) >= 11 is 0. The second-order valence-electron chi connectivity index (χ2n) is 5.66. The van der Waals surface area contributed by atoms with Gasteiger partial charge in [-0.1, -0.05) is 6.92 Å². The van der Waals surface area contributed by atoms with Gasteiger partial charge in [-0.3, -0.25) is 0 Å². The Bertz CT molecular complexity index is 462. The summed E-state index contributed by atoms with van der Waals surface area (Å²) in [6.45, 7) is 8.28. The molecule has 0 saturated carbocycles. The monoisotopic (exact) mass is 293 g/mol. The lowest BCUT2D eigenvalue weighted by molar-refractivity contribution is 0.159. The Labute approximate surface area is 127 Å². The Balaban J connectivity index is 1.99. The van der Waals surface area contributed by atoms with Gasteiger partial charge in [0.25, 0.3) is 0 Å². The largest absolute Gasteiger partial charge is 0.494 e. The fraction of sp³-hybridized carbons (Fsp3) is 0.647. The van der Waals surface area contributed by atoms with Gasteiger partial charge < -0.3 is 19.9 Å². The van der Waals surface area contributed by atoms with Crippen molar-refractivity contribution in [3.8, 4) is 11.5 Å². The van der Waals surface area contributed by atoms with Crippen LogP contribution in [0.5, 0.6) is 11.5 Å². The van der Waals surface area contributed by atoms with Gasteiger partial charge in [-0.25, -0.2) is 0 Å².